The molecule has 0 atom stereocenters. The van der Waals surface area contributed by atoms with Gasteiger partial charge in [-0.3, -0.25) is 10.1 Å². The zero-order chi connectivity index (χ0) is 23.2. The van der Waals surface area contributed by atoms with Crippen LogP contribution < -0.4 is 5.32 Å². The molecule has 0 radical (unpaired) electrons. The number of carbonyl (C=O) groups excluding carboxylic acids is 1. The van der Waals surface area contributed by atoms with Crippen molar-refractivity contribution in [2.24, 2.45) is 0 Å². The number of nitrogens with zero attached hydrogens (tertiary/aromatic N) is 5. The van der Waals surface area contributed by atoms with E-state index < -0.39 is 29.4 Å². The third-order valence-electron chi connectivity index (χ3n) is 4.48. The second-order valence-corrected chi connectivity index (χ2v) is 7.07. The summed E-state index contributed by atoms with van der Waals surface area (Å²) in [6.07, 6.45) is -3.50. The average molecular weight is 475 g/mol. The van der Waals surface area contributed by atoms with Gasteiger partial charge < -0.3 is 8.94 Å². The monoisotopic (exact) mass is 474 g/mol. The van der Waals surface area contributed by atoms with Crippen molar-refractivity contribution in [1.29, 1.82) is 0 Å². The van der Waals surface area contributed by atoms with E-state index in [2.05, 4.69) is 25.5 Å². The first-order valence-corrected chi connectivity index (χ1v) is 9.59. The van der Waals surface area contributed by atoms with Crippen molar-refractivity contribution < 1.29 is 26.9 Å². The lowest BCUT2D eigenvalue weighted by atomic mass is 10.1. The van der Waals surface area contributed by atoms with E-state index in [0.717, 1.165) is 6.07 Å². The predicted octanol–water partition coefficient (Wildman–Crippen LogP) is 4.96. The van der Waals surface area contributed by atoms with Crippen LogP contribution >= 0.6 is 11.6 Å². The predicted molar refractivity (Wildman–Crippen MR) is 108 cm³/mol. The van der Waals surface area contributed by atoms with Crippen LogP contribution in [0.15, 0.2) is 63.7 Å². The molecular formula is C20H10ClF3N6O3. The number of amides is 1. The van der Waals surface area contributed by atoms with Gasteiger partial charge in [-0.05, 0) is 24.3 Å². The van der Waals surface area contributed by atoms with Gasteiger partial charge in [0, 0.05) is 11.6 Å². The Morgan fingerprint density at radius 3 is 2.61 bits per heavy atom. The summed E-state index contributed by atoms with van der Waals surface area (Å²) in [5.74, 6) is -1.88. The molecule has 4 heterocycles. The van der Waals surface area contributed by atoms with E-state index in [9.17, 15) is 18.0 Å². The number of anilines is 1. The fourth-order valence-corrected chi connectivity index (χ4v) is 3.25. The molecule has 4 aromatic heterocycles. The molecule has 5 aromatic rings. The largest absolute Gasteiger partial charge is 0.463 e. The summed E-state index contributed by atoms with van der Waals surface area (Å²) < 4.78 is 51.5. The number of furan rings is 1. The average Bonchev–Trinajstić information content (AvgIpc) is 3.53. The molecule has 5 rings (SSSR count). The molecule has 0 aliphatic rings. The van der Waals surface area contributed by atoms with Gasteiger partial charge in [-0.15, -0.1) is 5.10 Å². The fourth-order valence-electron chi connectivity index (χ4n) is 3.01. The van der Waals surface area contributed by atoms with E-state index in [-0.39, 0.29) is 17.3 Å². The summed E-state index contributed by atoms with van der Waals surface area (Å²) in [4.78, 5) is 20.4. The number of hydrogen-bond acceptors (Lipinski definition) is 7. The van der Waals surface area contributed by atoms with Gasteiger partial charge in [0.15, 0.2) is 11.5 Å². The van der Waals surface area contributed by atoms with Crippen molar-refractivity contribution in [2.75, 3.05) is 5.32 Å². The Hall–Kier alpha value is -4.19. The molecule has 0 aliphatic carbocycles. The third-order valence-corrected chi connectivity index (χ3v) is 4.81. The molecule has 33 heavy (non-hydrogen) atoms. The maximum atomic E-state index is 13.6. The first-order chi connectivity index (χ1) is 15.8. The SMILES string of the molecule is O=C(Nc1cc(-c2ccccc2Cl)no1)c1nc2nc(-c3ccco3)cc(C(F)(F)F)n2n1. The Labute approximate surface area is 186 Å². The molecule has 13 heteroatoms. The summed E-state index contributed by atoms with van der Waals surface area (Å²) in [6, 6.07) is 12.0. The second kappa shape index (κ2) is 7.74. The molecule has 1 N–H and O–H groups in total. The van der Waals surface area contributed by atoms with Crippen molar-refractivity contribution in [3.05, 3.63) is 71.3 Å². The minimum atomic E-state index is -4.79. The minimum absolute atomic E-state index is 0.0749. The van der Waals surface area contributed by atoms with Gasteiger partial charge in [-0.25, -0.2) is 4.98 Å². The molecule has 1 amide bonds. The zero-order valence-electron chi connectivity index (χ0n) is 16.2. The fraction of sp³-hybridized carbons (Fsp3) is 0.0500. The number of carbonyl (C=O) groups is 1. The Morgan fingerprint density at radius 1 is 1.06 bits per heavy atom. The molecular weight excluding hydrogens is 465 g/mol. The number of benzene rings is 1. The number of nitrogens with one attached hydrogen (secondary N) is 1. The quantitative estimate of drug-likeness (QED) is 0.391. The number of aromatic nitrogens is 5. The number of rotatable bonds is 4. The summed E-state index contributed by atoms with van der Waals surface area (Å²) in [7, 11) is 0. The number of alkyl halides is 3. The standard InChI is InChI=1S/C20H10ClF3N6O3/c21-11-5-2-1-4-10(11)12-9-16(33-29-12)26-18(31)17-27-19-25-13(14-6-3-7-32-14)8-15(20(22,23)24)30(19)28-17/h1-9H,(H,26,31). The molecule has 0 saturated heterocycles. The number of fused-ring (bicyclic) bond motifs is 1. The number of halogens is 4. The van der Waals surface area contributed by atoms with Gasteiger partial charge in [0.25, 0.3) is 11.7 Å². The van der Waals surface area contributed by atoms with Gasteiger partial charge in [0.05, 0.1) is 11.3 Å². The van der Waals surface area contributed by atoms with E-state index in [4.69, 9.17) is 20.5 Å². The molecule has 0 spiro atoms. The Bertz CT molecular complexity index is 1480. The topological polar surface area (TPSA) is 111 Å². The maximum Gasteiger partial charge on any atom is 0.433 e. The van der Waals surface area contributed by atoms with Crippen LogP contribution in [0.1, 0.15) is 16.3 Å². The highest BCUT2D eigenvalue weighted by Gasteiger charge is 2.36. The summed E-state index contributed by atoms with van der Waals surface area (Å²) >= 11 is 6.12. The van der Waals surface area contributed by atoms with E-state index in [0.29, 0.717) is 20.8 Å². The lowest BCUT2D eigenvalue weighted by molar-refractivity contribution is -0.142. The van der Waals surface area contributed by atoms with Crippen LogP contribution in [0.5, 0.6) is 0 Å². The molecule has 0 fully saturated rings. The van der Waals surface area contributed by atoms with Crippen LogP contribution in [0.25, 0.3) is 28.5 Å². The first kappa shape index (κ1) is 20.7. The van der Waals surface area contributed by atoms with Crippen LogP contribution in [0, 0.1) is 0 Å². The van der Waals surface area contributed by atoms with Gasteiger partial charge in [0.1, 0.15) is 11.4 Å². The van der Waals surface area contributed by atoms with Crippen LogP contribution in [-0.4, -0.2) is 30.6 Å². The van der Waals surface area contributed by atoms with Gasteiger partial charge >= 0.3 is 6.18 Å². The lowest BCUT2D eigenvalue weighted by Gasteiger charge is -2.08. The van der Waals surface area contributed by atoms with Gasteiger partial charge in [0.2, 0.25) is 11.7 Å². The van der Waals surface area contributed by atoms with E-state index in [1.54, 1.807) is 24.3 Å². The molecule has 0 saturated carbocycles. The highest BCUT2D eigenvalue weighted by atomic mass is 35.5. The molecule has 0 aliphatic heterocycles. The summed E-state index contributed by atoms with van der Waals surface area (Å²) in [6.45, 7) is 0. The van der Waals surface area contributed by atoms with E-state index >= 15 is 0 Å². The first-order valence-electron chi connectivity index (χ1n) is 9.21. The molecule has 0 bridgehead atoms. The van der Waals surface area contributed by atoms with Crippen LogP contribution in [0.4, 0.5) is 19.1 Å². The summed E-state index contributed by atoms with van der Waals surface area (Å²) in [5.41, 5.74) is -0.369. The van der Waals surface area contributed by atoms with Gasteiger partial charge in [-0.1, -0.05) is 35.0 Å². The maximum absolute atomic E-state index is 13.6. The molecule has 1 aromatic carbocycles. The molecule has 166 valence electrons. The highest BCUT2D eigenvalue weighted by molar-refractivity contribution is 6.33. The van der Waals surface area contributed by atoms with E-state index in [1.807, 2.05) is 0 Å². The Kier molecular flexibility index (Phi) is 4.86. The molecule has 9 nitrogen and oxygen atoms in total. The Morgan fingerprint density at radius 2 is 1.88 bits per heavy atom. The third kappa shape index (κ3) is 3.91. The molecule has 0 unspecified atom stereocenters. The lowest BCUT2D eigenvalue weighted by Crippen LogP contribution is -2.15. The smallest absolute Gasteiger partial charge is 0.433 e. The minimum Gasteiger partial charge on any atom is -0.463 e. The van der Waals surface area contributed by atoms with Crippen LogP contribution in [0.3, 0.4) is 0 Å². The van der Waals surface area contributed by atoms with Gasteiger partial charge in [-0.2, -0.15) is 22.7 Å². The number of hydrogen-bond donors (Lipinski definition) is 1. The second-order valence-electron chi connectivity index (χ2n) is 6.66. The van der Waals surface area contributed by atoms with Crippen molar-refractivity contribution in [1.82, 2.24) is 24.7 Å². The van der Waals surface area contributed by atoms with Crippen molar-refractivity contribution >= 4 is 29.2 Å². The van der Waals surface area contributed by atoms with Crippen molar-refractivity contribution in [2.45, 2.75) is 6.18 Å². The zero-order valence-corrected chi connectivity index (χ0v) is 16.9. The normalized spacial score (nSPS) is 11.8. The van der Waals surface area contributed by atoms with Crippen molar-refractivity contribution in [3.8, 4) is 22.7 Å². The van der Waals surface area contributed by atoms with Crippen LogP contribution in [0.2, 0.25) is 5.02 Å². The summed E-state index contributed by atoms with van der Waals surface area (Å²) in [5, 5.41) is 10.3. The van der Waals surface area contributed by atoms with Crippen LogP contribution in [-0.2, 0) is 6.18 Å². The highest BCUT2D eigenvalue weighted by Crippen LogP contribution is 2.32. The van der Waals surface area contributed by atoms with Crippen molar-refractivity contribution in [3.63, 3.8) is 0 Å². The Balaban J connectivity index is 1.48. The van der Waals surface area contributed by atoms with E-state index in [1.165, 1.54) is 24.5 Å².